The summed E-state index contributed by atoms with van der Waals surface area (Å²) < 4.78 is 1.64. The van der Waals surface area contributed by atoms with Gasteiger partial charge in [-0.3, -0.25) is 9.48 Å². The molecule has 1 aromatic rings. The number of anilines is 1. The van der Waals surface area contributed by atoms with E-state index in [1.54, 1.807) is 18.7 Å². The number of nitrogens with two attached hydrogens (primary N) is 1. The Morgan fingerprint density at radius 1 is 1.73 bits per heavy atom. The van der Waals surface area contributed by atoms with E-state index >= 15 is 0 Å². The highest BCUT2D eigenvalue weighted by molar-refractivity contribution is 5.93. The Balaban J connectivity index is 0.00000196. The van der Waals surface area contributed by atoms with Crippen molar-refractivity contribution in [3.63, 3.8) is 0 Å². The second-order valence-electron chi connectivity index (χ2n) is 3.28. The number of carbonyl (C=O) groups excluding carboxylic acids is 1. The van der Waals surface area contributed by atoms with Gasteiger partial charge in [-0.2, -0.15) is 5.10 Å². The summed E-state index contributed by atoms with van der Waals surface area (Å²) in [5, 5.41) is 6.90. The van der Waals surface area contributed by atoms with Crippen LogP contribution in [0.4, 0.5) is 5.82 Å². The van der Waals surface area contributed by atoms with E-state index in [0.717, 1.165) is 12.1 Å². The van der Waals surface area contributed by atoms with Gasteiger partial charge < -0.3 is 11.1 Å². The number of nitrogens with zero attached hydrogens (tertiary/aromatic N) is 2. The van der Waals surface area contributed by atoms with Crippen LogP contribution in [0.1, 0.15) is 19.5 Å². The van der Waals surface area contributed by atoms with Crippen molar-refractivity contribution in [3.8, 4) is 0 Å². The van der Waals surface area contributed by atoms with E-state index < -0.39 is 6.04 Å². The largest absolute Gasteiger partial charge is 0.320 e. The minimum Gasteiger partial charge on any atom is -0.320 e. The van der Waals surface area contributed by atoms with Crippen LogP contribution in [0.2, 0.25) is 0 Å². The van der Waals surface area contributed by atoms with E-state index in [-0.39, 0.29) is 18.3 Å². The van der Waals surface area contributed by atoms with E-state index in [0.29, 0.717) is 5.82 Å². The molecule has 1 heterocycles. The monoisotopic (exact) mass is 232 g/mol. The van der Waals surface area contributed by atoms with Crippen molar-refractivity contribution in [1.82, 2.24) is 9.78 Å². The summed E-state index contributed by atoms with van der Waals surface area (Å²) in [5.74, 6) is 0.486. The summed E-state index contributed by atoms with van der Waals surface area (Å²) >= 11 is 0. The van der Waals surface area contributed by atoms with Gasteiger partial charge in [-0.15, -0.1) is 12.4 Å². The number of carbonyl (C=O) groups is 1. The predicted molar refractivity (Wildman–Crippen MR) is 62.1 cm³/mol. The summed E-state index contributed by atoms with van der Waals surface area (Å²) in [4.78, 5) is 11.3. The average Bonchev–Trinajstić information content (AvgIpc) is 2.47. The van der Waals surface area contributed by atoms with Gasteiger partial charge in [-0.1, -0.05) is 6.92 Å². The lowest BCUT2D eigenvalue weighted by molar-refractivity contribution is -0.117. The van der Waals surface area contributed by atoms with E-state index in [4.69, 9.17) is 5.73 Å². The molecular formula is C9H17ClN4O. The maximum atomic E-state index is 11.3. The predicted octanol–water partition coefficient (Wildman–Crippen LogP) is 0.690. The quantitative estimate of drug-likeness (QED) is 0.806. The second kappa shape index (κ2) is 5.72. The fourth-order valence-corrected chi connectivity index (χ4v) is 1.06. The number of hydrogen-bond donors (Lipinski definition) is 2. The van der Waals surface area contributed by atoms with E-state index in [9.17, 15) is 4.79 Å². The summed E-state index contributed by atoms with van der Waals surface area (Å²) in [6, 6.07) is 1.34. The third-order valence-electron chi connectivity index (χ3n) is 1.96. The van der Waals surface area contributed by atoms with Crippen molar-refractivity contribution < 1.29 is 4.79 Å². The molecule has 0 radical (unpaired) electrons. The Labute approximate surface area is 95.4 Å². The van der Waals surface area contributed by atoms with Crippen LogP contribution >= 0.6 is 12.4 Å². The van der Waals surface area contributed by atoms with Crippen molar-refractivity contribution in [2.75, 3.05) is 5.32 Å². The minimum absolute atomic E-state index is 0. The highest BCUT2D eigenvalue weighted by Gasteiger charge is 2.10. The van der Waals surface area contributed by atoms with Crippen LogP contribution in [0.25, 0.3) is 0 Å². The first-order valence-corrected chi connectivity index (χ1v) is 4.64. The molecule has 0 aromatic carbocycles. The summed E-state index contributed by atoms with van der Waals surface area (Å²) in [5.41, 5.74) is 6.38. The molecule has 3 N–H and O–H groups in total. The van der Waals surface area contributed by atoms with Crippen molar-refractivity contribution in [2.45, 2.75) is 26.3 Å². The molecule has 0 aliphatic rings. The molecule has 1 aromatic heterocycles. The van der Waals surface area contributed by atoms with Gasteiger partial charge in [-0.05, 0) is 13.3 Å². The first-order chi connectivity index (χ1) is 6.54. The molecule has 1 atom stereocenters. The van der Waals surface area contributed by atoms with Crippen molar-refractivity contribution in [1.29, 1.82) is 0 Å². The molecule has 1 amide bonds. The molecule has 0 aliphatic heterocycles. The summed E-state index contributed by atoms with van der Waals surface area (Å²) in [6.07, 6.45) is 0.849. The molecule has 0 saturated heterocycles. The van der Waals surface area contributed by atoms with Gasteiger partial charge in [0.15, 0.2) is 0 Å². The number of aromatic nitrogens is 2. The number of rotatable bonds is 3. The smallest absolute Gasteiger partial charge is 0.242 e. The average molecular weight is 233 g/mol. The van der Waals surface area contributed by atoms with Gasteiger partial charge in [0.05, 0.1) is 11.7 Å². The van der Waals surface area contributed by atoms with Gasteiger partial charge in [-0.25, -0.2) is 0 Å². The molecule has 0 bridgehead atoms. The number of amides is 1. The molecule has 0 spiro atoms. The Hall–Kier alpha value is -1.07. The Kier molecular flexibility index (Phi) is 5.32. The fourth-order valence-electron chi connectivity index (χ4n) is 1.06. The SMILES string of the molecule is CCc1cc(NC(=O)C(C)N)n(C)n1.Cl. The topological polar surface area (TPSA) is 72.9 Å². The zero-order valence-corrected chi connectivity index (χ0v) is 9.97. The van der Waals surface area contributed by atoms with Crippen molar-refractivity contribution in [2.24, 2.45) is 12.8 Å². The van der Waals surface area contributed by atoms with Gasteiger partial charge in [0.1, 0.15) is 5.82 Å². The maximum Gasteiger partial charge on any atom is 0.242 e. The van der Waals surface area contributed by atoms with Crippen LogP contribution in [0.3, 0.4) is 0 Å². The van der Waals surface area contributed by atoms with E-state index in [1.807, 2.05) is 13.0 Å². The second-order valence-corrected chi connectivity index (χ2v) is 3.28. The van der Waals surface area contributed by atoms with E-state index in [1.165, 1.54) is 0 Å². The zero-order chi connectivity index (χ0) is 10.7. The highest BCUT2D eigenvalue weighted by atomic mass is 35.5. The first kappa shape index (κ1) is 13.9. The van der Waals surface area contributed by atoms with Gasteiger partial charge in [0.25, 0.3) is 0 Å². The van der Waals surface area contributed by atoms with Crippen molar-refractivity contribution >= 4 is 24.1 Å². The molecule has 1 rings (SSSR count). The Bertz CT molecular complexity index is 335. The molecule has 0 saturated carbocycles. The van der Waals surface area contributed by atoms with Crippen LogP contribution in [-0.4, -0.2) is 21.7 Å². The van der Waals surface area contributed by atoms with Crippen LogP contribution in [0, 0.1) is 0 Å². The number of nitrogens with one attached hydrogen (secondary N) is 1. The van der Waals surface area contributed by atoms with Crippen LogP contribution in [0.5, 0.6) is 0 Å². The maximum absolute atomic E-state index is 11.3. The highest BCUT2D eigenvalue weighted by Crippen LogP contribution is 2.09. The van der Waals surface area contributed by atoms with Gasteiger partial charge in [0, 0.05) is 13.1 Å². The molecule has 0 aliphatic carbocycles. The van der Waals surface area contributed by atoms with Crippen LogP contribution < -0.4 is 11.1 Å². The number of hydrogen-bond acceptors (Lipinski definition) is 3. The van der Waals surface area contributed by atoms with Crippen LogP contribution in [-0.2, 0) is 18.3 Å². The molecule has 6 heteroatoms. The normalized spacial score (nSPS) is 11.7. The zero-order valence-electron chi connectivity index (χ0n) is 9.15. The molecule has 0 fully saturated rings. The molecule has 86 valence electrons. The number of aryl methyl sites for hydroxylation is 2. The minimum atomic E-state index is -0.505. The fraction of sp³-hybridized carbons (Fsp3) is 0.556. The summed E-state index contributed by atoms with van der Waals surface area (Å²) in [7, 11) is 1.79. The molecule has 1 unspecified atom stereocenters. The lowest BCUT2D eigenvalue weighted by Gasteiger charge is -2.06. The van der Waals surface area contributed by atoms with Gasteiger partial charge in [0.2, 0.25) is 5.91 Å². The lowest BCUT2D eigenvalue weighted by Crippen LogP contribution is -2.33. The summed E-state index contributed by atoms with van der Waals surface area (Å²) in [6.45, 7) is 3.66. The lowest BCUT2D eigenvalue weighted by atomic mass is 10.3. The van der Waals surface area contributed by atoms with Crippen LogP contribution in [0.15, 0.2) is 6.07 Å². The third kappa shape index (κ3) is 3.53. The molecule has 15 heavy (non-hydrogen) atoms. The third-order valence-corrected chi connectivity index (χ3v) is 1.96. The van der Waals surface area contributed by atoms with Gasteiger partial charge >= 0.3 is 0 Å². The molecular weight excluding hydrogens is 216 g/mol. The van der Waals surface area contributed by atoms with Crippen molar-refractivity contribution in [3.05, 3.63) is 11.8 Å². The molecule has 5 nitrogen and oxygen atoms in total. The Morgan fingerprint density at radius 2 is 2.33 bits per heavy atom. The number of halogens is 1. The standard InChI is InChI=1S/C9H16N4O.ClH/c1-4-7-5-8(13(3)12-7)11-9(14)6(2)10;/h5-6H,4,10H2,1-3H3,(H,11,14);1H. The first-order valence-electron chi connectivity index (χ1n) is 4.64. The van der Waals surface area contributed by atoms with E-state index in [2.05, 4.69) is 10.4 Å². The Morgan fingerprint density at radius 3 is 2.73 bits per heavy atom.